The minimum Gasteiger partial charge on any atom is -0.493 e. The first-order valence-electron chi connectivity index (χ1n) is 17.5. The monoisotopic (exact) mass is 713 g/mol. The molecule has 2 aromatic rings. The predicted octanol–water partition coefficient (Wildman–Crippen LogP) is 3.56. The van der Waals surface area contributed by atoms with Crippen molar-refractivity contribution in [3.8, 4) is 28.4 Å². The van der Waals surface area contributed by atoms with Crippen LogP contribution in [0, 0.1) is 5.92 Å². The molecule has 14 heteroatoms. The van der Waals surface area contributed by atoms with Crippen LogP contribution in [0.5, 0.6) is 17.2 Å². The zero-order valence-corrected chi connectivity index (χ0v) is 30.9. The Balaban J connectivity index is 1.50. The lowest BCUT2D eigenvalue weighted by molar-refractivity contribution is -0.132. The van der Waals surface area contributed by atoms with Crippen LogP contribution in [0.3, 0.4) is 0 Å². The highest BCUT2D eigenvalue weighted by Gasteiger charge is 2.35. The molecular formula is C36H51N5O8S. The molecule has 2 unspecified atom stereocenters. The smallest absolute Gasteiger partial charge is 0.282 e. The predicted molar refractivity (Wildman–Crippen MR) is 192 cm³/mol. The normalized spacial score (nSPS) is 19.1. The van der Waals surface area contributed by atoms with Crippen molar-refractivity contribution in [1.82, 2.24) is 18.8 Å². The van der Waals surface area contributed by atoms with E-state index in [0.717, 1.165) is 24.0 Å². The summed E-state index contributed by atoms with van der Waals surface area (Å²) in [4.78, 5) is 42.2. The molecule has 2 heterocycles. The molecule has 2 saturated heterocycles. The van der Waals surface area contributed by atoms with Gasteiger partial charge < -0.3 is 29.7 Å². The first-order valence-corrected chi connectivity index (χ1v) is 18.9. The van der Waals surface area contributed by atoms with Crippen LogP contribution in [0.4, 0.5) is 5.69 Å². The number of hydrogen-bond acceptors (Lipinski definition) is 9. The quantitative estimate of drug-likeness (QED) is 0.357. The Bertz CT molecular complexity index is 1740. The number of methoxy groups -OCH3 is 3. The zero-order valence-electron chi connectivity index (χ0n) is 30.0. The molecule has 5 rings (SSSR count). The van der Waals surface area contributed by atoms with E-state index < -0.39 is 22.3 Å². The summed E-state index contributed by atoms with van der Waals surface area (Å²) in [5.41, 5.74) is 2.88. The molecule has 13 nitrogen and oxygen atoms in total. The van der Waals surface area contributed by atoms with E-state index in [1.54, 1.807) is 25.2 Å². The number of carbonyl (C=O) groups excluding carboxylic acids is 2. The van der Waals surface area contributed by atoms with Gasteiger partial charge in [-0.3, -0.25) is 14.4 Å². The van der Waals surface area contributed by atoms with Crippen molar-refractivity contribution in [2.75, 3.05) is 65.9 Å². The fraction of sp³-hybridized carbons (Fsp3) is 0.583. The second kappa shape index (κ2) is 16.0. The number of carbonyl (C=O) groups is 2. The van der Waals surface area contributed by atoms with E-state index in [2.05, 4.69) is 10.6 Å². The summed E-state index contributed by atoms with van der Waals surface area (Å²) in [5, 5.41) is 6.30. The average molecular weight is 714 g/mol. The van der Waals surface area contributed by atoms with E-state index >= 15 is 0 Å². The van der Waals surface area contributed by atoms with Crippen LogP contribution in [-0.2, 0) is 26.2 Å². The lowest BCUT2D eigenvalue weighted by Gasteiger charge is -2.29. The molecule has 3 aliphatic rings. The lowest BCUT2D eigenvalue weighted by atomic mass is 9.95. The van der Waals surface area contributed by atoms with E-state index in [-0.39, 0.29) is 41.9 Å². The van der Waals surface area contributed by atoms with Gasteiger partial charge in [-0.05, 0) is 79.3 Å². The van der Waals surface area contributed by atoms with Gasteiger partial charge in [-0.25, -0.2) is 0 Å². The lowest BCUT2D eigenvalue weighted by Crippen LogP contribution is -2.47. The Morgan fingerprint density at radius 1 is 0.900 bits per heavy atom. The van der Waals surface area contributed by atoms with Gasteiger partial charge in [0.15, 0.2) is 11.5 Å². The highest BCUT2D eigenvalue weighted by molar-refractivity contribution is 7.86. The number of ether oxygens (including phenoxy) is 3. The fourth-order valence-corrected chi connectivity index (χ4v) is 9.07. The molecule has 0 saturated carbocycles. The first kappa shape index (κ1) is 37.4. The Kier molecular flexibility index (Phi) is 12.0. The van der Waals surface area contributed by atoms with E-state index in [9.17, 15) is 22.8 Å². The first-order chi connectivity index (χ1) is 23.9. The van der Waals surface area contributed by atoms with Crippen molar-refractivity contribution in [2.45, 2.75) is 71.4 Å². The molecule has 2 aliphatic heterocycles. The molecule has 0 radical (unpaired) electrons. The maximum atomic E-state index is 14.1. The largest absolute Gasteiger partial charge is 0.493 e. The van der Waals surface area contributed by atoms with Gasteiger partial charge in [-0.2, -0.15) is 17.0 Å². The zero-order chi connectivity index (χ0) is 36.2. The van der Waals surface area contributed by atoms with Crippen molar-refractivity contribution in [2.24, 2.45) is 5.92 Å². The Morgan fingerprint density at radius 3 is 2.22 bits per heavy atom. The van der Waals surface area contributed by atoms with Gasteiger partial charge in [0.2, 0.25) is 23.0 Å². The van der Waals surface area contributed by atoms with Crippen LogP contribution in [0.25, 0.3) is 11.1 Å². The van der Waals surface area contributed by atoms with Crippen molar-refractivity contribution in [1.29, 1.82) is 0 Å². The van der Waals surface area contributed by atoms with Gasteiger partial charge in [0.25, 0.3) is 10.2 Å². The fourth-order valence-electron chi connectivity index (χ4n) is 7.35. The summed E-state index contributed by atoms with van der Waals surface area (Å²) in [6.07, 6.45) is 3.81. The molecule has 0 spiro atoms. The van der Waals surface area contributed by atoms with Gasteiger partial charge in [-0.15, -0.1) is 0 Å². The van der Waals surface area contributed by atoms with Crippen LogP contribution in [0.2, 0.25) is 0 Å². The van der Waals surface area contributed by atoms with Crippen LogP contribution in [0.15, 0.2) is 29.1 Å². The number of rotatable bonds is 11. The third-order valence-electron chi connectivity index (χ3n) is 9.74. The number of aryl methyl sites for hydroxylation is 1. The minimum atomic E-state index is -3.57. The Hall–Kier alpha value is -3.88. The van der Waals surface area contributed by atoms with Crippen molar-refractivity contribution < 1.29 is 32.2 Å². The summed E-state index contributed by atoms with van der Waals surface area (Å²) >= 11 is 0. The van der Waals surface area contributed by atoms with Gasteiger partial charge in [0, 0.05) is 51.8 Å². The van der Waals surface area contributed by atoms with Gasteiger partial charge in [0.05, 0.1) is 33.1 Å². The number of anilines is 1. The molecule has 2 N–H and O–H groups in total. The maximum absolute atomic E-state index is 14.1. The van der Waals surface area contributed by atoms with Gasteiger partial charge in [0.1, 0.15) is 6.04 Å². The molecule has 0 aromatic heterocycles. The van der Waals surface area contributed by atoms with Crippen LogP contribution in [0.1, 0.15) is 70.0 Å². The molecule has 1 aliphatic carbocycles. The SMILES string of the molecule is COc1cc2c(c(OC)c1OC)-c1ccc(NC(CC(C)C)C(=O)N3CCCN(S(=O)(=O)N4CCCC4)CC3)c(=O)cc1C(NC(C)=O)CC2. The van der Waals surface area contributed by atoms with Crippen LogP contribution >= 0.6 is 0 Å². The van der Waals surface area contributed by atoms with Crippen molar-refractivity contribution >= 4 is 27.7 Å². The second-order valence-corrected chi connectivity index (χ2v) is 15.5. The summed E-state index contributed by atoms with van der Waals surface area (Å²) in [6, 6.07) is 5.77. The molecule has 50 heavy (non-hydrogen) atoms. The summed E-state index contributed by atoms with van der Waals surface area (Å²) in [6.45, 7) is 7.81. The van der Waals surface area contributed by atoms with E-state index in [1.807, 2.05) is 26.0 Å². The standard InChI is InChI=1S/C36H51N5O8S/c1-23(2)20-30(36(44)39-14-9-17-41(19-18-39)50(45,46)40-15-7-8-16-40)38-29-13-11-26-27(22-31(29)43)28(37-24(3)42)12-10-25-21-32(47-4)34(48-5)35(49-6)33(25)26/h11,13,21-23,28,30H,7-10,12,14-20H2,1-6H3,(H,37,42)(H,38,43). The number of fused-ring (bicyclic) bond motifs is 3. The summed E-state index contributed by atoms with van der Waals surface area (Å²) < 4.78 is 46.8. The highest BCUT2D eigenvalue weighted by atomic mass is 32.2. The van der Waals surface area contributed by atoms with Crippen molar-refractivity contribution in [3.63, 3.8) is 0 Å². The summed E-state index contributed by atoms with van der Waals surface area (Å²) in [7, 11) is 1.07. The third kappa shape index (κ3) is 7.87. The highest BCUT2D eigenvalue weighted by Crippen LogP contribution is 2.50. The second-order valence-electron chi connectivity index (χ2n) is 13.6. The Morgan fingerprint density at radius 2 is 1.58 bits per heavy atom. The molecule has 2 aromatic carbocycles. The van der Waals surface area contributed by atoms with E-state index in [0.29, 0.717) is 80.2 Å². The third-order valence-corrected chi connectivity index (χ3v) is 11.8. The molecule has 274 valence electrons. The molecular weight excluding hydrogens is 662 g/mol. The number of hydrogen-bond donors (Lipinski definition) is 2. The molecule has 2 amide bonds. The molecule has 2 atom stereocenters. The van der Waals surface area contributed by atoms with E-state index in [1.165, 1.54) is 28.7 Å². The van der Waals surface area contributed by atoms with Crippen LogP contribution in [-0.4, -0.2) is 100 Å². The van der Waals surface area contributed by atoms with Crippen molar-refractivity contribution in [3.05, 3.63) is 45.6 Å². The van der Waals surface area contributed by atoms with Gasteiger partial charge >= 0.3 is 0 Å². The number of nitrogens with zero attached hydrogens (tertiary/aromatic N) is 3. The molecule has 2 fully saturated rings. The molecule has 0 bridgehead atoms. The Labute approximate surface area is 295 Å². The number of amides is 2. The number of nitrogens with one attached hydrogen (secondary N) is 2. The van der Waals surface area contributed by atoms with E-state index in [4.69, 9.17) is 14.2 Å². The number of benzene rings is 1. The average Bonchev–Trinajstić information content (AvgIpc) is 3.39. The topological polar surface area (TPSA) is 147 Å². The maximum Gasteiger partial charge on any atom is 0.282 e. The summed E-state index contributed by atoms with van der Waals surface area (Å²) in [5.74, 6) is 1.11. The van der Waals surface area contributed by atoms with Crippen LogP contribution < -0.4 is 30.3 Å². The van der Waals surface area contributed by atoms with Gasteiger partial charge in [-0.1, -0.05) is 19.9 Å². The minimum absolute atomic E-state index is 0.127.